The molecule has 0 unspecified atom stereocenters. The van der Waals surface area contributed by atoms with Gasteiger partial charge >= 0.3 is 0 Å². The Morgan fingerprint density at radius 2 is 2.04 bits per heavy atom. The largest absolute Gasteiger partial charge is 0.340 e. The van der Waals surface area contributed by atoms with Gasteiger partial charge in [0.05, 0.1) is 16.6 Å². The molecular weight excluding hydrogens is 312 g/mol. The number of aromatic nitrogens is 3. The molecule has 0 aliphatic carbocycles. The van der Waals surface area contributed by atoms with Crippen LogP contribution in [0.3, 0.4) is 0 Å². The van der Waals surface area contributed by atoms with Crippen molar-refractivity contribution in [1.29, 1.82) is 0 Å². The molecule has 0 saturated carbocycles. The highest BCUT2D eigenvalue weighted by atomic mass is 32.1. The van der Waals surface area contributed by atoms with E-state index in [1.807, 2.05) is 12.4 Å². The maximum atomic E-state index is 12.6. The summed E-state index contributed by atoms with van der Waals surface area (Å²) in [6.45, 7) is 2.53. The fourth-order valence-corrected chi connectivity index (χ4v) is 3.17. The van der Waals surface area contributed by atoms with Crippen LogP contribution in [0, 0.1) is 6.92 Å². The molecule has 0 fully saturated rings. The molecule has 6 nitrogen and oxygen atoms in total. The average Bonchev–Trinajstić information content (AvgIpc) is 2.98. The number of likely N-dealkylation sites (N-methyl/N-ethyl adjacent to an activating group) is 1. The number of nitrogens with one attached hydrogen (secondary N) is 1. The number of carbonyl (C=O) groups is 1. The van der Waals surface area contributed by atoms with Crippen molar-refractivity contribution in [3.63, 3.8) is 0 Å². The Labute approximate surface area is 136 Å². The SMILES string of the molecule is Cc1ncsc1CCN(C)C(=O)c1n[nH]c(=O)c2ccccc12. The number of hydrogen-bond donors (Lipinski definition) is 1. The lowest BCUT2D eigenvalue weighted by molar-refractivity contribution is 0.0792. The smallest absolute Gasteiger partial charge is 0.274 e. The van der Waals surface area contributed by atoms with E-state index in [2.05, 4.69) is 15.2 Å². The number of fused-ring (bicyclic) bond motifs is 1. The molecule has 118 valence electrons. The first-order chi connectivity index (χ1) is 11.1. The molecule has 7 heteroatoms. The number of nitrogens with zero attached hydrogens (tertiary/aromatic N) is 3. The van der Waals surface area contributed by atoms with Gasteiger partial charge in [-0.2, -0.15) is 5.10 Å². The summed E-state index contributed by atoms with van der Waals surface area (Å²) in [5.74, 6) is -0.209. The summed E-state index contributed by atoms with van der Waals surface area (Å²) in [6.07, 6.45) is 0.750. The lowest BCUT2D eigenvalue weighted by atomic mass is 10.1. The molecule has 1 amide bonds. The highest BCUT2D eigenvalue weighted by Crippen LogP contribution is 2.16. The van der Waals surface area contributed by atoms with Crippen LogP contribution < -0.4 is 5.56 Å². The second-order valence-electron chi connectivity index (χ2n) is 5.28. The maximum absolute atomic E-state index is 12.6. The summed E-state index contributed by atoms with van der Waals surface area (Å²) in [5.41, 5.74) is 2.79. The molecule has 0 aliphatic heterocycles. The van der Waals surface area contributed by atoms with Crippen molar-refractivity contribution in [3.8, 4) is 0 Å². The number of carbonyl (C=O) groups excluding carboxylic acids is 1. The average molecular weight is 328 g/mol. The number of rotatable bonds is 4. The van der Waals surface area contributed by atoms with E-state index >= 15 is 0 Å². The Morgan fingerprint density at radius 3 is 2.74 bits per heavy atom. The van der Waals surface area contributed by atoms with E-state index < -0.39 is 0 Å². The standard InChI is InChI=1S/C16H16N4O2S/c1-10-13(23-9-17-10)7-8-20(2)16(22)14-11-5-3-4-6-12(11)15(21)19-18-14/h3-6,9H,7-8H2,1-2H3,(H,19,21). The van der Waals surface area contributed by atoms with Gasteiger partial charge in [-0.1, -0.05) is 18.2 Å². The van der Waals surface area contributed by atoms with Gasteiger partial charge in [-0.25, -0.2) is 10.1 Å². The van der Waals surface area contributed by atoms with E-state index in [9.17, 15) is 9.59 Å². The number of hydrogen-bond acceptors (Lipinski definition) is 5. The van der Waals surface area contributed by atoms with Gasteiger partial charge < -0.3 is 4.90 Å². The van der Waals surface area contributed by atoms with Crippen LogP contribution in [0.15, 0.2) is 34.6 Å². The molecule has 0 atom stereocenters. The molecule has 0 saturated heterocycles. The van der Waals surface area contributed by atoms with Gasteiger partial charge in [-0.05, 0) is 13.0 Å². The molecular formula is C16H16N4O2S. The summed E-state index contributed by atoms with van der Waals surface area (Å²) >= 11 is 1.59. The molecule has 1 aromatic carbocycles. The molecule has 3 aromatic rings. The minimum atomic E-state index is -0.292. The molecule has 3 rings (SSSR count). The molecule has 1 N–H and O–H groups in total. The minimum Gasteiger partial charge on any atom is -0.340 e. The molecule has 0 bridgehead atoms. The van der Waals surface area contributed by atoms with Gasteiger partial charge in [0.25, 0.3) is 11.5 Å². The highest BCUT2D eigenvalue weighted by molar-refractivity contribution is 7.09. The summed E-state index contributed by atoms with van der Waals surface area (Å²) in [4.78, 5) is 31.4. The molecule has 0 aliphatic rings. The monoisotopic (exact) mass is 328 g/mol. The Hall–Kier alpha value is -2.54. The van der Waals surface area contributed by atoms with Crippen LogP contribution in [-0.2, 0) is 6.42 Å². The van der Waals surface area contributed by atoms with E-state index in [-0.39, 0.29) is 17.2 Å². The predicted molar refractivity (Wildman–Crippen MR) is 89.9 cm³/mol. The van der Waals surface area contributed by atoms with Crippen LogP contribution in [0.5, 0.6) is 0 Å². The number of H-pyrrole nitrogens is 1. The van der Waals surface area contributed by atoms with E-state index in [0.717, 1.165) is 12.1 Å². The van der Waals surface area contributed by atoms with E-state index in [1.165, 1.54) is 4.88 Å². The minimum absolute atomic E-state index is 0.209. The summed E-state index contributed by atoms with van der Waals surface area (Å²) in [6, 6.07) is 6.99. The van der Waals surface area contributed by atoms with Crippen LogP contribution in [-0.4, -0.2) is 39.6 Å². The normalized spacial score (nSPS) is 10.9. The lowest BCUT2D eigenvalue weighted by Gasteiger charge is -2.17. The Kier molecular flexibility index (Phi) is 4.20. The number of aromatic amines is 1. The van der Waals surface area contributed by atoms with E-state index in [1.54, 1.807) is 47.5 Å². The summed E-state index contributed by atoms with van der Waals surface area (Å²) < 4.78 is 0. The summed E-state index contributed by atoms with van der Waals surface area (Å²) in [7, 11) is 1.74. The Morgan fingerprint density at radius 1 is 1.30 bits per heavy atom. The van der Waals surface area contributed by atoms with Gasteiger partial charge in [0.2, 0.25) is 0 Å². The number of amides is 1. The van der Waals surface area contributed by atoms with E-state index in [4.69, 9.17) is 0 Å². The van der Waals surface area contributed by atoms with Gasteiger partial charge in [0.1, 0.15) is 0 Å². The van der Waals surface area contributed by atoms with Crippen LogP contribution in [0.25, 0.3) is 10.8 Å². The van der Waals surface area contributed by atoms with Crippen LogP contribution in [0.4, 0.5) is 0 Å². The topological polar surface area (TPSA) is 79.0 Å². The van der Waals surface area contributed by atoms with Crippen molar-refractivity contribution < 1.29 is 4.79 Å². The van der Waals surface area contributed by atoms with Gasteiger partial charge in [0, 0.05) is 30.3 Å². The van der Waals surface area contributed by atoms with Crippen molar-refractivity contribution in [2.45, 2.75) is 13.3 Å². The zero-order chi connectivity index (χ0) is 16.4. The van der Waals surface area contributed by atoms with Crippen molar-refractivity contribution in [3.05, 3.63) is 56.4 Å². The van der Waals surface area contributed by atoms with Gasteiger partial charge in [-0.15, -0.1) is 11.3 Å². The maximum Gasteiger partial charge on any atom is 0.274 e. The molecule has 23 heavy (non-hydrogen) atoms. The van der Waals surface area contributed by atoms with E-state index in [0.29, 0.717) is 17.3 Å². The van der Waals surface area contributed by atoms with Crippen LogP contribution in [0.1, 0.15) is 21.1 Å². The third kappa shape index (κ3) is 3.00. The van der Waals surface area contributed by atoms with Crippen molar-refractivity contribution in [2.75, 3.05) is 13.6 Å². The fraction of sp³-hybridized carbons (Fsp3) is 0.250. The Bertz CT molecular complexity index is 916. The van der Waals surface area contributed by atoms with Crippen molar-refractivity contribution >= 4 is 28.0 Å². The first-order valence-electron chi connectivity index (χ1n) is 7.20. The second-order valence-corrected chi connectivity index (χ2v) is 6.22. The number of thiazole rings is 1. The molecule has 0 spiro atoms. The molecule has 2 aromatic heterocycles. The zero-order valence-corrected chi connectivity index (χ0v) is 13.7. The first-order valence-corrected chi connectivity index (χ1v) is 8.07. The zero-order valence-electron chi connectivity index (χ0n) is 12.9. The summed E-state index contributed by atoms with van der Waals surface area (Å²) in [5, 5.41) is 7.39. The number of benzene rings is 1. The third-order valence-corrected chi connectivity index (χ3v) is 4.76. The van der Waals surface area contributed by atoms with Gasteiger partial charge in [0.15, 0.2) is 5.69 Å². The van der Waals surface area contributed by atoms with Gasteiger partial charge in [-0.3, -0.25) is 9.59 Å². The quantitative estimate of drug-likeness (QED) is 0.794. The molecule has 0 radical (unpaired) electrons. The first kappa shape index (κ1) is 15.4. The third-order valence-electron chi connectivity index (χ3n) is 3.76. The number of aryl methyl sites for hydroxylation is 1. The highest BCUT2D eigenvalue weighted by Gasteiger charge is 2.18. The van der Waals surface area contributed by atoms with Crippen LogP contribution in [0.2, 0.25) is 0 Å². The second kappa shape index (κ2) is 6.29. The molecule has 2 heterocycles. The predicted octanol–water partition coefficient (Wildman–Crippen LogP) is 2.00. The Balaban J connectivity index is 1.84. The van der Waals surface area contributed by atoms with Crippen molar-refractivity contribution in [1.82, 2.24) is 20.1 Å². The van der Waals surface area contributed by atoms with Crippen LogP contribution >= 0.6 is 11.3 Å². The van der Waals surface area contributed by atoms with Crippen molar-refractivity contribution in [2.24, 2.45) is 0 Å². The fourth-order valence-electron chi connectivity index (χ4n) is 2.40. The lowest BCUT2D eigenvalue weighted by Crippen LogP contribution is -2.30.